The van der Waals surface area contributed by atoms with Crippen LogP contribution in [0.15, 0.2) is 73.1 Å². The van der Waals surface area contributed by atoms with Crippen LogP contribution in [-0.4, -0.2) is 40.1 Å². The van der Waals surface area contributed by atoms with Gasteiger partial charge in [0.05, 0.1) is 25.9 Å². The van der Waals surface area contributed by atoms with Crippen LogP contribution in [0.2, 0.25) is 0 Å². The van der Waals surface area contributed by atoms with E-state index in [0.29, 0.717) is 11.4 Å². The van der Waals surface area contributed by atoms with Crippen molar-refractivity contribution in [3.8, 4) is 28.4 Å². The second kappa shape index (κ2) is 9.30. The van der Waals surface area contributed by atoms with Gasteiger partial charge in [0.15, 0.2) is 5.69 Å². The molecule has 2 heterocycles. The molecule has 0 fully saturated rings. The van der Waals surface area contributed by atoms with Crippen LogP contribution in [0.25, 0.3) is 16.9 Å². The van der Waals surface area contributed by atoms with Crippen LogP contribution in [0.4, 0.5) is 0 Å². The van der Waals surface area contributed by atoms with Crippen molar-refractivity contribution < 1.29 is 14.3 Å². The van der Waals surface area contributed by atoms with Crippen molar-refractivity contribution in [2.45, 2.75) is 13.0 Å². The number of rotatable bonds is 7. The molecular formula is C24H23N5O3. The van der Waals surface area contributed by atoms with E-state index in [2.05, 4.69) is 20.6 Å². The number of amides is 1. The minimum absolute atomic E-state index is 0.222. The van der Waals surface area contributed by atoms with Crippen molar-refractivity contribution in [1.29, 1.82) is 0 Å². The van der Waals surface area contributed by atoms with Gasteiger partial charge in [0.1, 0.15) is 17.2 Å². The molecule has 0 bridgehead atoms. The Kier molecular flexibility index (Phi) is 6.12. The topological polar surface area (TPSA) is 91.2 Å². The number of carbonyl (C=O) groups is 1. The van der Waals surface area contributed by atoms with Crippen molar-refractivity contribution in [3.63, 3.8) is 0 Å². The van der Waals surface area contributed by atoms with E-state index in [9.17, 15) is 4.79 Å². The molecule has 2 aromatic heterocycles. The van der Waals surface area contributed by atoms with Crippen LogP contribution in [0, 0.1) is 0 Å². The van der Waals surface area contributed by atoms with E-state index in [4.69, 9.17) is 9.47 Å². The minimum Gasteiger partial charge on any atom is -0.497 e. The van der Waals surface area contributed by atoms with Gasteiger partial charge in [0, 0.05) is 24.0 Å². The van der Waals surface area contributed by atoms with E-state index in [1.165, 1.54) is 0 Å². The summed E-state index contributed by atoms with van der Waals surface area (Å²) in [5.41, 5.74) is 3.24. The summed E-state index contributed by atoms with van der Waals surface area (Å²) >= 11 is 0. The maximum atomic E-state index is 13.2. The average molecular weight is 429 g/mol. The Balaban J connectivity index is 1.70. The third-order valence-electron chi connectivity index (χ3n) is 5.10. The highest BCUT2D eigenvalue weighted by Crippen LogP contribution is 2.27. The fourth-order valence-corrected chi connectivity index (χ4v) is 3.37. The van der Waals surface area contributed by atoms with Gasteiger partial charge in [0.2, 0.25) is 0 Å². The lowest BCUT2D eigenvalue weighted by Gasteiger charge is -2.15. The summed E-state index contributed by atoms with van der Waals surface area (Å²) in [4.78, 5) is 17.3. The lowest BCUT2D eigenvalue weighted by Crippen LogP contribution is -2.27. The zero-order valence-corrected chi connectivity index (χ0v) is 18.0. The van der Waals surface area contributed by atoms with Crippen LogP contribution in [0.5, 0.6) is 11.5 Å². The number of nitrogens with one attached hydrogen (secondary N) is 1. The fourth-order valence-electron chi connectivity index (χ4n) is 3.37. The summed E-state index contributed by atoms with van der Waals surface area (Å²) in [5, 5.41) is 11.5. The molecule has 0 unspecified atom stereocenters. The first kappa shape index (κ1) is 21.0. The molecule has 1 N–H and O–H groups in total. The summed E-state index contributed by atoms with van der Waals surface area (Å²) in [6, 6.07) is 18.4. The van der Waals surface area contributed by atoms with E-state index in [-0.39, 0.29) is 17.6 Å². The minimum atomic E-state index is -0.325. The fraction of sp³-hybridized carbons (Fsp3) is 0.167. The molecule has 2 aromatic carbocycles. The number of nitrogens with zero attached hydrogens (tertiary/aromatic N) is 4. The molecule has 0 aliphatic heterocycles. The molecular weight excluding hydrogens is 406 g/mol. The second-order valence-corrected chi connectivity index (χ2v) is 7.10. The van der Waals surface area contributed by atoms with Gasteiger partial charge in [-0.2, -0.15) is 0 Å². The van der Waals surface area contributed by atoms with Crippen LogP contribution >= 0.6 is 0 Å². The number of benzene rings is 2. The number of pyridine rings is 1. The highest BCUT2D eigenvalue weighted by atomic mass is 16.5. The Labute approximate surface area is 185 Å². The van der Waals surface area contributed by atoms with Gasteiger partial charge >= 0.3 is 0 Å². The SMILES string of the molecule is COc1ccc([C@@H](C)NC(=O)c2nnn(-c3cccc(OC)c3)c2-c2ccncc2)cc1. The molecule has 162 valence electrons. The molecule has 0 radical (unpaired) electrons. The number of methoxy groups -OCH3 is 2. The molecule has 0 saturated heterocycles. The Morgan fingerprint density at radius 1 is 0.969 bits per heavy atom. The van der Waals surface area contributed by atoms with Crippen molar-refractivity contribution in [1.82, 2.24) is 25.3 Å². The van der Waals surface area contributed by atoms with Crippen molar-refractivity contribution >= 4 is 5.91 Å². The third kappa shape index (κ3) is 4.29. The Morgan fingerprint density at radius 3 is 2.38 bits per heavy atom. The third-order valence-corrected chi connectivity index (χ3v) is 5.10. The van der Waals surface area contributed by atoms with Gasteiger partial charge in [0.25, 0.3) is 5.91 Å². The standard InChI is InChI=1S/C24H23N5O3/c1-16(17-7-9-20(31-2)10-8-17)26-24(30)22-23(18-11-13-25-14-12-18)29(28-27-22)19-5-4-6-21(15-19)32-3/h4-16H,1-3H3,(H,26,30)/t16-/m1/s1. The summed E-state index contributed by atoms with van der Waals surface area (Å²) in [6.45, 7) is 1.91. The molecule has 4 rings (SSSR count). The van der Waals surface area contributed by atoms with Crippen LogP contribution in [0.1, 0.15) is 29.0 Å². The van der Waals surface area contributed by atoms with E-state index in [1.807, 2.05) is 67.6 Å². The molecule has 8 nitrogen and oxygen atoms in total. The molecule has 0 saturated carbocycles. The summed E-state index contributed by atoms with van der Waals surface area (Å²) in [7, 11) is 3.22. The highest BCUT2D eigenvalue weighted by molar-refractivity contribution is 5.98. The number of hydrogen-bond donors (Lipinski definition) is 1. The number of carbonyl (C=O) groups excluding carboxylic acids is 1. The number of ether oxygens (including phenoxy) is 2. The van der Waals surface area contributed by atoms with Gasteiger partial charge in [-0.25, -0.2) is 4.68 Å². The quantitative estimate of drug-likeness (QED) is 0.480. The van der Waals surface area contributed by atoms with E-state index in [1.54, 1.807) is 31.3 Å². The normalized spacial score (nSPS) is 11.6. The lowest BCUT2D eigenvalue weighted by molar-refractivity contribution is 0.0935. The Bertz CT molecular complexity index is 1210. The first-order valence-corrected chi connectivity index (χ1v) is 10.1. The van der Waals surface area contributed by atoms with Crippen LogP contribution < -0.4 is 14.8 Å². The average Bonchev–Trinajstić information content (AvgIpc) is 3.30. The molecule has 0 aliphatic rings. The smallest absolute Gasteiger partial charge is 0.274 e. The Hall–Kier alpha value is -4.20. The molecule has 0 aliphatic carbocycles. The van der Waals surface area contributed by atoms with Gasteiger partial charge in [-0.1, -0.05) is 23.4 Å². The second-order valence-electron chi connectivity index (χ2n) is 7.10. The summed E-state index contributed by atoms with van der Waals surface area (Å²) < 4.78 is 12.2. The van der Waals surface area contributed by atoms with Gasteiger partial charge in [-0.15, -0.1) is 5.10 Å². The molecule has 0 spiro atoms. The predicted octanol–water partition coefficient (Wildman–Crippen LogP) is 3.84. The predicted molar refractivity (Wildman–Crippen MR) is 120 cm³/mol. The number of aromatic nitrogens is 4. The van der Waals surface area contributed by atoms with Gasteiger partial charge in [-0.3, -0.25) is 9.78 Å². The maximum absolute atomic E-state index is 13.2. The molecule has 8 heteroatoms. The number of hydrogen-bond acceptors (Lipinski definition) is 6. The van der Waals surface area contributed by atoms with Crippen molar-refractivity contribution in [3.05, 3.63) is 84.3 Å². The highest BCUT2D eigenvalue weighted by Gasteiger charge is 2.23. The zero-order valence-electron chi connectivity index (χ0n) is 18.0. The summed E-state index contributed by atoms with van der Waals surface area (Å²) in [5.74, 6) is 1.11. The maximum Gasteiger partial charge on any atom is 0.274 e. The molecule has 1 atom stereocenters. The van der Waals surface area contributed by atoms with Crippen molar-refractivity contribution in [2.24, 2.45) is 0 Å². The van der Waals surface area contributed by atoms with Crippen LogP contribution in [-0.2, 0) is 0 Å². The lowest BCUT2D eigenvalue weighted by atomic mass is 10.1. The zero-order chi connectivity index (χ0) is 22.5. The first-order valence-electron chi connectivity index (χ1n) is 10.1. The monoisotopic (exact) mass is 429 g/mol. The molecule has 4 aromatic rings. The van der Waals surface area contributed by atoms with Gasteiger partial charge < -0.3 is 14.8 Å². The largest absolute Gasteiger partial charge is 0.497 e. The van der Waals surface area contributed by atoms with Crippen LogP contribution in [0.3, 0.4) is 0 Å². The van der Waals surface area contributed by atoms with E-state index < -0.39 is 0 Å². The Morgan fingerprint density at radius 2 is 1.69 bits per heavy atom. The molecule has 1 amide bonds. The van der Waals surface area contributed by atoms with E-state index in [0.717, 1.165) is 22.6 Å². The first-order chi connectivity index (χ1) is 15.6. The van der Waals surface area contributed by atoms with Gasteiger partial charge in [-0.05, 0) is 48.9 Å². The van der Waals surface area contributed by atoms with E-state index >= 15 is 0 Å². The van der Waals surface area contributed by atoms with Crippen molar-refractivity contribution in [2.75, 3.05) is 14.2 Å². The molecule has 32 heavy (non-hydrogen) atoms. The summed E-state index contributed by atoms with van der Waals surface area (Å²) in [6.07, 6.45) is 3.33.